The first-order valence-electron chi connectivity index (χ1n) is 5.83. The van der Waals surface area contributed by atoms with Crippen LogP contribution < -0.4 is 5.32 Å². The molecule has 1 saturated carbocycles. The van der Waals surface area contributed by atoms with Crippen LogP contribution in [0.15, 0.2) is 0 Å². The predicted molar refractivity (Wildman–Crippen MR) is 59.5 cm³/mol. The number of rotatable bonds is 3. The van der Waals surface area contributed by atoms with E-state index in [2.05, 4.69) is 36.1 Å². The topological polar surface area (TPSA) is 18.5 Å². The zero-order chi connectivity index (χ0) is 10.1. The highest BCUT2D eigenvalue weighted by atomic mass is 15.3. The average Bonchev–Trinajstić information content (AvgIpc) is 2.96. The lowest BCUT2D eigenvalue weighted by molar-refractivity contribution is 0.0477. The van der Waals surface area contributed by atoms with Crippen LogP contribution in [0.2, 0.25) is 0 Å². The van der Waals surface area contributed by atoms with Gasteiger partial charge in [0.25, 0.3) is 0 Å². The van der Waals surface area contributed by atoms with Crippen molar-refractivity contribution in [3.63, 3.8) is 0 Å². The first-order chi connectivity index (χ1) is 6.72. The molecule has 1 heterocycles. The molecule has 0 radical (unpaired) electrons. The quantitative estimate of drug-likeness (QED) is 0.705. The molecule has 0 aromatic heterocycles. The monoisotopic (exact) mass is 197 g/mol. The second-order valence-electron chi connectivity index (χ2n) is 4.91. The van der Waals surface area contributed by atoms with E-state index < -0.39 is 0 Å². The van der Waals surface area contributed by atoms with Crippen LogP contribution in [-0.2, 0) is 0 Å². The van der Waals surface area contributed by atoms with Crippen LogP contribution in [0.1, 0.15) is 19.8 Å². The fourth-order valence-electron chi connectivity index (χ4n) is 2.48. The molecule has 2 rings (SSSR count). The highest BCUT2D eigenvalue weighted by Crippen LogP contribution is 2.29. The van der Waals surface area contributed by atoms with Crippen molar-refractivity contribution < 1.29 is 0 Å². The first kappa shape index (κ1) is 10.4. The van der Waals surface area contributed by atoms with Crippen molar-refractivity contribution >= 4 is 0 Å². The van der Waals surface area contributed by atoms with Gasteiger partial charge in [-0.05, 0) is 33.9 Å². The highest BCUT2D eigenvalue weighted by Gasteiger charge is 2.36. The summed E-state index contributed by atoms with van der Waals surface area (Å²) < 4.78 is 0. The molecule has 2 fully saturated rings. The normalized spacial score (nSPS) is 36.2. The molecular weight excluding hydrogens is 174 g/mol. The van der Waals surface area contributed by atoms with Gasteiger partial charge in [-0.25, -0.2) is 0 Å². The number of hydrogen-bond donors (Lipinski definition) is 1. The standard InChI is InChI=1S/C11H23N3/c1-9-7-14(10-4-5-10)8-11(6-12-2)13(9)3/h9-12H,4-8H2,1-3H3. The molecule has 0 bridgehead atoms. The Kier molecular flexibility index (Phi) is 3.10. The largest absolute Gasteiger partial charge is 0.318 e. The van der Waals surface area contributed by atoms with E-state index in [1.165, 1.54) is 25.9 Å². The van der Waals surface area contributed by atoms with Crippen molar-refractivity contribution in [2.24, 2.45) is 0 Å². The molecule has 0 aromatic carbocycles. The zero-order valence-corrected chi connectivity index (χ0v) is 9.66. The second-order valence-corrected chi connectivity index (χ2v) is 4.91. The fraction of sp³-hybridized carbons (Fsp3) is 1.00. The Balaban J connectivity index is 1.93. The van der Waals surface area contributed by atoms with Crippen LogP contribution in [0, 0.1) is 0 Å². The smallest absolute Gasteiger partial charge is 0.0348 e. The number of piperazine rings is 1. The predicted octanol–water partition coefficient (Wildman–Crippen LogP) is 0.373. The van der Waals surface area contributed by atoms with Crippen LogP contribution >= 0.6 is 0 Å². The van der Waals surface area contributed by atoms with E-state index in [1.54, 1.807) is 0 Å². The summed E-state index contributed by atoms with van der Waals surface area (Å²) in [7, 11) is 4.31. The first-order valence-corrected chi connectivity index (χ1v) is 5.83. The summed E-state index contributed by atoms with van der Waals surface area (Å²) in [6, 6.07) is 2.33. The van der Waals surface area contributed by atoms with Gasteiger partial charge in [-0.1, -0.05) is 0 Å². The molecule has 1 N–H and O–H groups in total. The molecular formula is C11H23N3. The zero-order valence-electron chi connectivity index (χ0n) is 9.66. The molecule has 2 atom stereocenters. The SMILES string of the molecule is CNCC1CN(C2CC2)CC(C)N1C. The van der Waals surface area contributed by atoms with Crippen LogP contribution in [0.3, 0.4) is 0 Å². The summed E-state index contributed by atoms with van der Waals surface area (Å²) in [5.74, 6) is 0. The maximum Gasteiger partial charge on any atom is 0.0348 e. The number of nitrogens with one attached hydrogen (secondary N) is 1. The molecule has 82 valence electrons. The minimum absolute atomic E-state index is 0.698. The Bertz CT molecular complexity index is 191. The Hall–Kier alpha value is -0.120. The minimum atomic E-state index is 0.698. The Morgan fingerprint density at radius 2 is 2.00 bits per heavy atom. The van der Waals surface area contributed by atoms with Crippen molar-refractivity contribution in [1.82, 2.24) is 15.1 Å². The van der Waals surface area contributed by atoms with E-state index in [0.29, 0.717) is 12.1 Å². The Labute approximate surface area is 87.4 Å². The van der Waals surface area contributed by atoms with Crippen molar-refractivity contribution in [3.05, 3.63) is 0 Å². The van der Waals surface area contributed by atoms with E-state index in [1.807, 2.05) is 0 Å². The summed E-state index contributed by atoms with van der Waals surface area (Å²) in [6.07, 6.45) is 2.87. The van der Waals surface area contributed by atoms with E-state index in [-0.39, 0.29) is 0 Å². The van der Waals surface area contributed by atoms with Gasteiger partial charge in [-0.3, -0.25) is 9.80 Å². The second kappa shape index (κ2) is 4.17. The summed E-state index contributed by atoms with van der Waals surface area (Å²) in [6.45, 7) is 5.98. The average molecular weight is 197 g/mol. The molecule has 0 amide bonds. The lowest BCUT2D eigenvalue weighted by Gasteiger charge is -2.44. The molecule has 0 aromatic rings. The van der Waals surface area contributed by atoms with Crippen molar-refractivity contribution in [2.45, 2.75) is 37.9 Å². The van der Waals surface area contributed by atoms with Crippen LogP contribution in [0.4, 0.5) is 0 Å². The molecule has 0 spiro atoms. The molecule has 3 heteroatoms. The molecule has 1 aliphatic carbocycles. The molecule has 2 unspecified atom stereocenters. The van der Waals surface area contributed by atoms with Gasteiger partial charge < -0.3 is 5.32 Å². The number of hydrogen-bond acceptors (Lipinski definition) is 3. The Morgan fingerprint density at radius 1 is 1.29 bits per heavy atom. The van der Waals surface area contributed by atoms with Crippen molar-refractivity contribution in [1.29, 1.82) is 0 Å². The van der Waals surface area contributed by atoms with Crippen molar-refractivity contribution in [3.8, 4) is 0 Å². The lowest BCUT2D eigenvalue weighted by Crippen LogP contribution is -2.59. The van der Waals surface area contributed by atoms with E-state index in [9.17, 15) is 0 Å². The maximum absolute atomic E-state index is 3.30. The molecule has 1 aliphatic heterocycles. The number of likely N-dealkylation sites (N-methyl/N-ethyl adjacent to an activating group) is 2. The van der Waals surface area contributed by atoms with E-state index in [4.69, 9.17) is 0 Å². The van der Waals surface area contributed by atoms with E-state index in [0.717, 1.165) is 12.6 Å². The summed E-state index contributed by atoms with van der Waals surface area (Å²) in [5, 5.41) is 3.30. The van der Waals surface area contributed by atoms with Gasteiger partial charge in [-0.2, -0.15) is 0 Å². The molecule has 14 heavy (non-hydrogen) atoms. The fourth-order valence-corrected chi connectivity index (χ4v) is 2.48. The molecule has 2 aliphatic rings. The van der Waals surface area contributed by atoms with Gasteiger partial charge in [0.2, 0.25) is 0 Å². The third kappa shape index (κ3) is 2.10. The minimum Gasteiger partial charge on any atom is -0.318 e. The highest BCUT2D eigenvalue weighted by molar-refractivity contribution is 4.93. The summed E-state index contributed by atoms with van der Waals surface area (Å²) in [4.78, 5) is 5.21. The molecule has 1 saturated heterocycles. The Morgan fingerprint density at radius 3 is 2.57 bits per heavy atom. The van der Waals surface area contributed by atoms with Crippen LogP contribution in [-0.4, -0.2) is 61.7 Å². The van der Waals surface area contributed by atoms with Crippen molar-refractivity contribution in [2.75, 3.05) is 33.7 Å². The lowest BCUT2D eigenvalue weighted by atomic mass is 10.1. The van der Waals surface area contributed by atoms with E-state index >= 15 is 0 Å². The third-order valence-electron chi connectivity index (χ3n) is 3.72. The maximum atomic E-state index is 3.30. The molecule has 3 nitrogen and oxygen atoms in total. The number of nitrogens with zero attached hydrogens (tertiary/aromatic N) is 2. The van der Waals surface area contributed by atoms with Gasteiger partial charge in [-0.15, -0.1) is 0 Å². The summed E-state index contributed by atoms with van der Waals surface area (Å²) >= 11 is 0. The van der Waals surface area contributed by atoms with Gasteiger partial charge in [0.15, 0.2) is 0 Å². The van der Waals surface area contributed by atoms with Gasteiger partial charge in [0.1, 0.15) is 0 Å². The van der Waals surface area contributed by atoms with Gasteiger partial charge in [0, 0.05) is 37.8 Å². The van der Waals surface area contributed by atoms with Crippen LogP contribution in [0.25, 0.3) is 0 Å². The summed E-state index contributed by atoms with van der Waals surface area (Å²) in [5.41, 5.74) is 0. The third-order valence-corrected chi connectivity index (χ3v) is 3.72. The van der Waals surface area contributed by atoms with Gasteiger partial charge in [0.05, 0.1) is 0 Å². The van der Waals surface area contributed by atoms with Gasteiger partial charge >= 0.3 is 0 Å². The van der Waals surface area contributed by atoms with Crippen LogP contribution in [0.5, 0.6) is 0 Å².